The minimum Gasteiger partial charge on any atom is -0.458 e. The molecule has 4 aliphatic rings. The summed E-state index contributed by atoms with van der Waals surface area (Å²) in [4.78, 5) is 12.9. The number of benzene rings is 1. The van der Waals surface area contributed by atoms with Crippen molar-refractivity contribution < 1.29 is 9.53 Å². The highest BCUT2D eigenvalue weighted by Gasteiger charge is 2.59. The third-order valence-corrected chi connectivity index (χ3v) is 12.4. The Morgan fingerprint density at radius 3 is 2.54 bits per heavy atom. The zero-order chi connectivity index (χ0) is 27.8. The van der Waals surface area contributed by atoms with Crippen LogP contribution >= 0.6 is 15.9 Å². The lowest BCUT2D eigenvalue weighted by molar-refractivity contribution is -0.145. The molecule has 0 aromatic heterocycles. The molecular formula is C36H51BrO2. The third kappa shape index (κ3) is 5.86. The summed E-state index contributed by atoms with van der Waals surface area (Å²) in [5, 5.41) is 0. The molecule has 0 bridgehead atoms. The first-order valence-corrected chi connectivity index (χ1v) is 16.7. The van der Waals surface area contributed by atoms with Crippen LogP contribution in [-0.2, 0) is 9.53 Å². The largest absolute Gasteiger partial charge is 0.458 e. The first kappa shape index (κ1) is 29.2. The summed E-state index contributed by atoms with van der Waals surface area (Å²) in [5.41, 5.74) is 3.40. The molecule has 2 nitrogen and oxygen atoms in total. The van der Waals surface area contributed by atoms with Crippen LogP contribution < -0.4 is 0 Å². The number of fused-ring (bicyclic) bond motifs is 5. The van der Waals surface area contributed by atoms with Crippen molar-refractivity contribution in [2.75, 3.05) is 0 Å². The number of hydrogen-bond acceptors (Lipinski definition) is 2. The third-order valence-electron chi connectivity index (χ3n) is 11.8. The van der Waals surface area contributed by atoms with Crippen molar-refractivity contribution in [1.29, 1.82) is 0 Å². The maximum Gasteiger partial charge on any atom is 0.345 e. The minimum atomic E-state index is -0.241. The van der Waals surface area contributed by atoms with Crippen molar-refractivity contribution >= 4 is 28.0 Å². The summed E-state index contributed by atoms with van der Waals surface area (Å²) in [6.07, 6.45) is 18.6. The minimum absolute atomic E-state index is 0.0125. The normalized spacial score (nSPS) is 36.9. The van der Waals surface area contributed by atoms with E-state index in [4.69, 9.17) is 4.74 Å². The molecular weight excluding hydrogens is 544 g/mol. The molecule has 5 rings (SSSR count). The average molecular weight is 596 g/mol. The maximum absolute atomic E-state index is 12.9. The monoisotopic (exact) mass is 594 g/mol. The van der Waals surface area contributed by atoms with Crippen LogP contribution in [0.3, 0.4) is 0 Å². The fourth-order valence-electron chi connectivity index (χ4n) is 9.71. The second kappa shape index (κ2) is 11.9. The first-order chi connectivity index (χ1) is 18.6. The van der Waals surface area contributed by atoms with Crippen molar-refractivity contribution in [2.45, 2.75) is 111 Å². The van der Waals surface area contributed by atoms with E-state index in [-0.39, 0.29) is 17.5 Å². The van der Waals surface area contributed by atoms with E-state index in [2.05, 4.69) is 56.6 Å². The van der Waals surface area contributed by atoms with E-state index in [0.717, 1.165) is 60.3 Å². The molecule has 0 aliphatic heterocycles. The predicted octanol–water partition coefficient (Wildman–Crippen LogP) is 10.4. The van der Waals surface area contributed by atoms with Crippen molar-refractivity contribution in [2.24, 2.45) is 46.3 Å². The van der Waals surface area contributed by atoms with Gasteiger partial charge in [-0.1, -0.05) is 95.9 Å². The molecule has 3 heteroatoms. The van der Waals surface area contributed by atoms with Crippen molar-refractivity contribution in [3.05, 3.63) is 52.0 Å². The summed E-state index contributed by atoms with van der Waals surface area (Å²) >= 11 is 3.47. The van der Waals surface area contributed by atoms with E-state index in [0.29, 0.717) is 9.90 Å². The van der Waals surface area contributed by atoms with Gasteiger partial charge < -0.3 is 4.74 Å². The van der Waals surface area contributed by atoms with Gasteiger partial charge in [0.1, 0.15) is 10.6 Å². The Hall–Kier alpha value is -1.35. The summed E-state index contributed by atoms with van der Waals surface area (Å²) in [5.74, 6) is 4.88. The highest BCUT2D eigenvalue weighted by molar-refractivity contribution is 9.12. The lowest BCUT2D eigenvalue weighted by atomic mass is 9.47. The number of halogens is 1. The number of hydrogen-bond donors (Lipinski definition) is 0. The quantitative estimate of drug-likeness (QED) is 0.170. The molecule has 0 heterocycles. The summed E-state index contributed by atoms with van der Waals surface area (Å²) in [6.45, 7) is 12.5. The number of carbonyl (C=O) groups excluding carboxylic acids is 1. The van der Waals surface area contributed by atoms with E-state index >= 15 is 0 Å². The van der Waals surface area contributed by atoms with Gasteiger partial charge >= 0.3 is 5.97 Å². The van der Waals surface area contributed by atoms with Gasteiger partial charge in [-0.25, -0.2) is 4.79 Å². The number of esters is 1. The van der Waals surface area contributed by atoms with E-state index in [9.17, 15) is 4.79 Å². The second-order valence-electron chi connectivity index (χ2n) is 14.5. The van der Waals surface area contributed by atoms with Gasteiger partial charge in [0.2, 0.25) is 0 Å². The molecule has 8 atom stereocenters. The molecule has 1 aromatic carbocycles. The molecule has 0 amide bonds. The first-order valence-electron chi connectivity index (χ1n) is 15.9. The van der Waals surface area contributed by atoms with Crippen molar-refractivity contribution in [3.8, 4) is 0 Å². The Kier molecular flexibility index (Phi) is 8.87. The second-order valence-corrected chi connectivity index (χ2v) is 15.3. The predicted molar refractivity (Wildman–Crippen MR) is 166 cm³/mol. The molecule has 0 unspecified atom stereocenters. The van der Waals surface area contributed by atoms with Crippen molar-refractivity contribution in [3.63, 3.8) is 0 Å². The van der Waals surface area contributed by atoms with Gasteiger partial charge in [-0.2, -0.15) is 0 Å². The topological polar surface area (TPSA) is 26.3 Å². The maximum atomic E-state index is 12.9. The van der Waals surface area contributed by atoms with Crippen LogP contribution in [0.5, 0.6) is 0 Å². The lowest BCUT2D eigenvalue weighted by Gasteiger charge is -2.58. The van der Waals surface area contributed by atoms with E-state index in [1.807, 2.05) is 36.4 Å². The molecule has 214 valence electrons. The van der Waals surface area contributed by atoms with Gasteiger partial charge in [0, 0.05) is 6.42 Å². The van der Waals surface area contributed by atoms with E-state index in [1.54, 1.807) is 5.57 Å². The van der Waals surface area contributed by atoms with Crippen LogP contribution in [-0.4, -0.2) is 12.1 Å². The van der Waals surface area contributed by atoms with Crippen LogP contribution in [0.25, 0.3) is 6.08 Å². The van der Waals surface area contributed by atoms with Gasteiger partial charge in [0.05, 0.1) is 0 Å². The Morgan fingerprint density at radius 1 is 1.03 bits per heavy atom. The van der Waals surface area contributed by atoms with Crippen LogP contribution in [0.4, 0.5) is 0 Å². The van der Waals surface area contributed by atoms with Crippen molar-refractivity contribution in [1.82, 2.24) is 0 Å². The molecule has 3 saturated carbocycles. The van der Waals surface area contributed by atoms with Gasteiger partial charge in [0.15, 0.2) is 0 Å². The van der Waals surface area contributed by atoms with E-state index in [1.165, 1.54) is 51.4 Å². The van der Waals surface area contributed by atoms with E-state index < -0.39 is 0 Å². The Balaban J connectivity index is 1.23. The fourth-order valence-corrected chi connectivity index (χ4v) is 10.1. The Bertz CT molecular complexity index is 1070. The number of rotatable bonds is 8. The Morgan fingerprint density at radius 2 is 1.79 bits per heavy atom. The summed E-state index contributed by atoms with van der Waals surface area (Å²) in [6, 6.07) is 9.95. The molecule has 0 radical (unpaired) electrons. The van der Waals surface area contributed by atoms with Crippen LogP contribution in [0.15, 0.2) is 46.5 Å². The highest BCUT2D eigenvalue weighted by Crippen LogP contribution is 2.67. The molecule has 39 heavy (non-hydrogen) atoms. The number of allylic oxidation sites excluding steroid dienone is 1. The summed E-state index contributed by atoms with van der Waals surface area (Å²) < 4.78 is 6.53. The average Bonchev–Trinajstić information content (AvgIpc) is 3.26. The van der Waals surface area contributed by atoms with Gasteiger partial charge in [-0.15, -0.1) is 0 Å². The molecule has 0 N–H and O–H groups in total. The smallest absolute Gasteiger partial charge is 0.345 e. The number of ether oxygens (including phenoxy) is 1. The number of carbonyl (C=O) groups is 1. The molecule has 0 spiro atoms. The van der Waals surface area contributed by atoms with Crippen LogP contribution in [0, 0.1) is 46.3 Å². The van der Waals surface area contributed by atoms with Gasteiger partial charge in [-0.05, 0) is 119 Å². The highest BCUT2D eigenvalue weighted by atomic mass is 79.9. The Labute approximate surface area is 246 Å². The zero-order valence-electron chi connectivity index (χ0n) is 25.1. The molecule has 3 fully saturated rings. The molecule has 1 aromatic rings. The molecule has 4 aliphatic carbocycles. The van der Waals surface area contributed by atoms with Gasteiger partial charge in [-0.3, -0.25) is 0 Å². The van der Waals surface area contributed by atoms with Gasteiger partial charge in [0.25, 0.3) is 0 Å². The standard InChI is InChI=1S/C36H51BrO2/c1-24(2)10-9-11-25(3)30-16-17-31-29-15-14-27-23-28(18-20-35(27,4)32(29)19-21-36(30,31)5)39-34(38)33(37)22-26-12-7-6-8-13-26/h6-8,12-14,22,24-25,28-32H,9-11,15-21,23H2,1-5H3/b33-22-/t25-,28-,29+,30+,31-,32+,35-,36+/m0/s1. The van der Waals surface area contributed by atoms with Crippen LogP contribution in [0.2, 0.25) is 0 Å². The zero-order valence-corrected chi connectivity index (χ0v) is 26.6. The SMILES string of the molecule is CC(C)CCC[C@H](C)[C@H]1CC[C@H]2[C@H]3CC=C4C[C@@H](OC(=O)/C(Br)=C/c5ccccc5)CC[C@]4(C)[C@@H]3CC[C@]12C. The lowest BCUT2D eigenvalue weighted by Crippen LogP contribution is -2.51. The fraction of sp³-hybridized carbons (Fsp3) is 0.694. The molecule has 0 saturated heterocycles. The summed E-state index contributed by atoms with van der Waals surface area (Å²) in [7, 11) is 0. The van der Waals surface area contributed by atoms with Crippen LogP contribution in [0.1, 0.15) is 111 Å².